The fraction of sp³-hybridized carbons (Fsp3) is 0.0612. The summed E-state index contributed by atoms with van der Waals surface area (Å²) in [5.74, 6) is 1.97. The summed E-state index contributed by atoms with van der Waals surface area (Å²) in [7, 11) is 0. The van der Waals surface area contributed by atoms with Crippen LogP contribution in [-0.4, -0.2) is 19.9 Å². The standard InChI is InChI=1S/C49H32N4S/c1-49(2)38-19-11-9-17-33(38)36-27-31(21-24-39(36)49)47-51-46(30-15-7-4-8-16-30)52-48(53-47)32-22-25-41-37(28-32)44-42(54-41)26-23-35-43(44)34-18-10-12-20-40(34)50-45(35)29-13-5-3-6-14-29/h3-28H,1-2H3. The van der Waals surface area contributed by atoms with Crippen LogP contribution in [0.1, 0.15) is 25.0 Å². The van der Waals surface area contributed by atoms with E-state index in [9.17, 15) is 0 Å². The first-order valence-electron chi connectivity index (χ1n) is 18.3. The monoisotopic (exact) mass is 708 g/mol. The molecule has 5 heteroatoms. The van der Waals surface area contributed by atoms with E-state index in [-0.39, 0.29) is 5.41 Å². The van der Waals surface area contributed by atoms with Crippen molar-refractivity contribution >= 4 is 53.2 Å². The van der Waals surface area contributed by atoms with Crippen LogP contribution in [0.5, 0.6) is 0 Å². The van der Waals surface area contributed by atoms with Crippen LogP contribution in [0.2, 0.25) is 0 Å². The Morgan fingerprint density at radius 2 is 1.02 bits per heavy atom. The molecule has 0 spiro atoms. The van der Waals surface area contributed by atoms with E-state index in [2.05, 4.69) is 153 Å². The number of rotatable bonds is 4. The highest BCUT2D eigenvalue weighted by atomic mass is 32.1. The number of fused-ring (bicyclic) bond motifs is 10. The molecule has 3 heterocycles. The Kier molecular flexibility index (Phi) is 6.73. The van der Waals surface area contributed by atoms with Gasteiger partial charge in [0.1, 0.15) is 0 Å². The number of nitrogens with zero attached hydrogens (tertiary/aromatic N) is 4. The van der Waals surface area contributed by atoms with Crippen molar-refractivity contribution in [2.24, 2.45) is 0 Å². The summed E-state index contributed by atoms with van der Waals surface area (Å²) in [6.45, 7) is 4.61. The second kappa shape index (κ2) is 11.7. The van der Waals surface area contributed by atoms with Crippen molar-refractivity contribution in [3.63, 3.8) is 0 Å². The van der Waals surface area contributed by atoms with Crippen LogP contribution in [-0.2, 0) is 5.41 Å². The van der Waals surface area contributed by atoms with Gasteiger partial charge >= 0.3 is 0 Å². The zero-order valence-corrected chi connectivity index (χ0v) is 30.5. The summed E-state index contributed by atoms with van der Waals surface area (Å²) in [5.41, 5.74) is 11.1. The third-order valence-corrected chi connectivity index (χ3v) is 12.2. The fourth-order valence-corrected chi connectivity index (χ4v) is 9.57. The molecule has 0 fully saturated rings. The summed E-state index contributed by atoms with van der Waals surface area (Å²) >= 11 is 1.82. The Bertz CT molecular complexity index is 3130. The number of aromatic nitrogens is 4. The van der Waals surface area contributed by atoms with Gasteiger partial charge in [-0.15, -0.1) is 11.3 Å². The van der Waals surface area contributed by atoms with E-state index >= 15 is 0 Å². The third kappa shape index (κ3) is 4.68. The van der Waals surface area contributed by atoms with Crippen molar-refractivity contribution in [3.05, 3.63) is 169 Å². The molecule has 0 aliphatic heterocycles. The third-order valence-electron chi connectivity index (χ3n) is 11.1. The van der Waals surface area contributed by atoms with Crippen LogP contribution < -0.4 is 0 Å². The van der Waals surface area contributed by atoms with Crippen LogP contribution in [0.25, 0.3) is 98.4 Å². The Morgan fingerprint density at radius 3 is 1.81 bits per heavy atom. The molecule has 1 aliphatic rings. The highest BCUT2D eigenvalue weighted by Crippen LogP contribution is 2.49. The average molecular weight is 709 g/mol. The highest BCUT2D eigenvalue weighted by Gasteiger charge is 2.35. The number of para-hydroxylation sites is 1. The molecule has 0 atom stereocenters. The normalized spacial score (nSPS) is 13.1. The maximum absolute atomic E-state index is 5.23. The molecular formula is C49H32N4S. The summed E-state index contributed by atoms with van der Waals surface area (Å²) < 4.78 is 2.47. The van der Waals surface area contributed by atoms with Crippen LogP contribution in [0.3, 0.4) is 0 Å². The lowest BCUT2D eigenvalue weighted by Gasteiger charge is -2.21. The van der Waals surface area contributed by atoms with Crippen LogP contribution in [0, 0.1) is 0 Å². The molecular weight excluding hydrogens is 677 g/mol. The summed E-state index contributed by atoms with van der Waals surface area (Å²) in [5, 5.41) is 5.95. The zero-order chi connectivity index (χ0) is 36.0. The molecule has 11 rings (SSSR count). The number of pyridine rings is 1. The van der Waals surface area contributed by atoms with Gasteiger partial charge in [-0.25, -0.2) is 19.9 Å². The van der Waals surface area contributed by atoms with Crippen molar-refractivity contribution < 1.29 is 0 Å². The first-order chi connectivity index (χ1) is 26.5. The first-order valence-corrected chi connectivity index (χ1v) is 19.1. The van der Waals surface area contributed by atoms with Crippen molar-refractivity contribution in [2.45, 2.75) is 19.3 Å². The van der Waals surface area contributed by atoms with Gasteiger partial charge < -0.3 is 0 Å². The molecule has 0 radical (unpaired) electrons. The maximum atomic E-state index is 5.23. The fourth-order valence-electron chi connectivity index (χ4n) is 8.47. The Hall–Kier alpha value is -6.56. The number of hydrogen-bond donors (Lipinski definition) is 0. The molecule has 7 aromatic carbocycles. The van der Waals surface area contributed by atoms with E-state index in [1.165, 1.54) is 47.8 Å². The lowest BCUT2D eigenvalue weighted by molar-refractivity contribution is 0.660. The minimum atomic E-state index is -0.0734. The quantitative estimate of drug-likeness (QED) is 0.171. The van der Waals surface area contributed by atoms with E-state index in [0.717, 1.165) is 44.2 Å². The van der Waals surface area contributed by atoms with E-state index in [1.54, 1.807) is 0 Å². The largest absolute Gasteiger partial charge is 0.247 e. The van der Waals surface area contributed by atoms with Crippen molar-refractivity contribution in [1.82, 2.24) is 19.9 Å². The van der Waals surface area contributed by atoms with Gasteiger partial charge in [0.25, 0.3) is 0 Å². The minimum absolute atomic E-state index is 0.0734. The highest BCUT2D eigenvalue weighted by molar-refractivity contribution is 7.26. The van der Waals surface area contributed by atoms with Gasteiger partial charge in [0.05, 0.1) is 11.2 Å². The van der Waals surface area contributed by atoms with Crippen molar-refractivity contribution in [1.29, 1.82) is 0 Å². The Balaban J connectivity index is 1.15. The molecule has 0 amide bonds. The average Bonchev–Trinajstić information content (AvgIpc) is 3.72. The molecule has 254 valence electrons. The van der Waals surface area contributed by atoms with E-state index < -0.39 is 0 Å². The second-order valence-corrected chi connectivity index (χ2v) is 15.7. The smallest absolute Gasteiger partial charge is 0.164 e. The van der Waals surface area contributed by atoms with Gasteiger partial charge in [-0.3, -0.25) is 0 Å². The van der Waals surface area contributed by atoms with E-state index in [4.69, 9.17) is 19.9 Å². The number of thiophene rings is 1. The lowest BCUT2D eigenvalue weighted by Crippen LogP contribution is -2.14. The molecule has 0 unspecified atom stereocenters. The van der Waals surface area contributed by atoms with Gasteiger partial charge in [0.2, 0.25) is 0 Å². The molecule has 3 aromatic heterocycles. The first kappa shape index (κ1) is 31.0. The molecule has 0 bridgehead atoms. The second-order valence-electron chi connectivity index (χ2n) is 14.6. The predicted octanol–water partition coefficient (Wildman–Crippen LogP) is 12.9. The predicted molar refractivity (Wildman–Crippen MR) is 225 cm³/mol. The van der Waals surface area contributed by atoms with Crippen molar-refractivity contribution in [2.75, 3.05) is 0 Å². The van der Waals surface area contributed by atoms with Crippen LogP contribution in [0.4, 0.5) is 0 Å². The summed E-state index contributed by atoms with van der Waals surface area (Å²) in [6.07, 6.45) is 0. The Morgan fingerprint density at radius 1 is 0.407 bits per heavy atom. The SMILES string of the molecule is CC1(C)c2ccccc2-c2cc(-c3nc(-c4ccccc4)nc(-c4ccc5sc6ccc7c(-c8ccccc8)nc8ccccc8c7c6c5c4)n3)ccc21. The van der Waals surface area contributed by atoms with Gasteiger partial charge in [0.15, 0.2) is 17.5 Å². The van der Waals surface area contributed by atoms with Crippen molar-refractivity contribution in [3.8, 4) is 56.5 Å². The van der Waals surface area contributed by atoms with E-state index in [1.807, 2.05) is 29.5 Å². The van der Waals surface area contributed by atoms with Crippen LogP contribution >= 0.6 is 11.3 Å². The van der Waals surface area contributed by atoms with Gasteiger partial charge in [-0.2, -0.15) is 0 Å². The summed E-state index contributed by atoms with van der Waals surface area (Å²) in [6, 6.07) is 55.8. The molecule has 54 heavy (non-hydrogen) atoms. The zero-order valence-electron chi connectivity index (χ0n) is 29.7. The molecule has 0 N–H and O–H groups in total. The van der Waals surface area contributed by atoms with E-state index in [0.29, 0.717) is 17.5 Å². The van der Waals surface area contributed by atoms with Crippen LogP contribution in [0.15, 0.2) is 158 Å². The maximum Gasteiger partial charge on any atom is 0.164 e. The minimum Gasteiger partial charge on any atom is -0.247 e. The van der Waals surface area contributed by atoms with Gasteiger partial charge in [-0.05, 0) is 58.7 Å². The molecule has 10 aromatic rings. The van der Waals surface area contributed by atoms with Gasteiger partial charge in [-0.1, -0.05) is 135 Å². The summed E-state index contributed by atoms with van der Waals surface area (Å²) in [4.78, 5) is 20.7. The topological polar surface area (TPSA) is 51.6 Å². The number of benzene rings is 7. The Labute approximate surface area is 316 Å². The number of hydrogen-bond acceptors (Lipinski definition) is 5. The molecule has 0 saturated carbocycles. The molecule has 1 aliphatic carbocycles. The van der Waals surface area contributed by atoms with Gasteiger partial charge in [0, 0.05) is 64.0 Å². The molecule has 0 saturated heterocycles. The molecule has 4 nitrogen and oxygen atoms in total. The lowest BCUT2D eigenvalue weighted by atomic mass is 9.82.